The summed E-state index contributed by atoms with van der Waals surface area (Å²) in [4.78, 5) is 57.5. The number of likely N-dealkylation sites (tertiary alicyclic amines) is 3. The average Bonchev–Trinajstić information content (AvgIpc) is 3.31. The first-order chi connectivity index (χ1) is 32.8. The number of aliphatic carboxylic acids is 1. The second-order valence-corrected chi connectivity index (χ2v) is 19.9. The largest absolute Gasteiger partial charge is 0.479 e. The minimum absolute atomic E-state index is 0. The zero-order valence-corrected chi connectivity index (χ0v) is 43.2. The molecule has 380 valence electrons. The quantitative estimate of drug-likeness (QED) is 0.0931. The van der Waals surface area contributed by atoms with Gasteiger partial charge in [-0.1, -0.05) is 83.9 Å². The standard InChI is InChI=1S/C26H33ClN4O3.C17H25ClN4O.C9H10O3.ClH/c1-26(34,18-7-5-4-6-8-18)25(33)30-13-11-21(12-14-30)31-16-20(17-31)28-19-9-10-22(23(27)15-19)24(32)29(2)3;1-21(2)17(23)15-4-3-12(9-16(15)18)20-13-10-22(11-13)14-5-7-19-8-6-14;1-9(12,8(10)11)7-5-3-2-4-6-7;/h4-10,15,20-21,28,34H,11-14,16-17H2,1-3H3;3-4,9,13-14,19-20H,5-8,10-11H2,1-2H3;2-6,12H,1H3,(H,10,11);1H. The van der Waals surface area contributed by atoms with E-state index in [2.05, 4.69) is 25.8 Å². The first-order valence-electron chi connectivity index (χ1n) is 23.6. The number of nitrogens with one attached hydrogen (secondary N) is 3. The van der Waals surface area contributed by atoms with Crippen molar-refractivity contribution in [3.05, 3.63) is 129 Å². The molecule has 18 heteroatoms. The Labute approximate surface area is 428 Å². The van der Waals surface area contributed by atoms with Gasteiger partial charge in [0.2, 0.25) is 0 Å². The first kappa shape index (κ1) is 56.0. The number of hydrogen-bond donors (Lipinski definition) is 6. The van der Waals surface area contributed by atoms with E-state index in [0.29, 0.717) is 63.5 Å². The molecule has 2 unspecified atom stereocenters. The van der Waals surface area contributed by atoms with Crippen LogP contribution in [0.2, 0.25) is 10.0 Å². The molecular formula is C52H69Cl3N8O7. The highest BCUT2D eigenvalue weighted by Gasteiger charge is 2.40. The van der Waals surface area contributed by atoms with E-state index in [1.54, 1.807) is 94.6 Å². The van der Waals surface area contributed by atoms with Crippen LogP contribution in [-0.2, 0) is 20.8 Å². The number of carboxylic acids is 1. The number of carbonyl (C=O) groups is 4. The molecule has 4 aromatic rings. The average molecular weight is 1020 g/mol. The normalized spacial score (nSPS) is 18.6. The van der Waals surface area contributed by atoms with Crippen LogP contribution < -0.4 is 16.0 Å². The fourth-order valence-electron chi connectivity index (χ4n) is 9.00. The van der Waals surface area contributed by atoms with E-state index in [1.807, 2.05) is 42.5 Å². The Hall–Kier alpha value is -4.97. The van der Waals surface area contributed by atoms with Gasteiger partial charge in [-0.05, 0) is 100 Å². The third-order valence-corrected chi connectivity index (χ3v) is 14.0. The molecule has 0 spiro atoms. The van der Waals surface area contributed by atoms with Crippen LogP contribution in [0.25, 0.3) is 0 Å². The summed E-state index contributed by atoms with van der Waals surface area (Å²) < 4.78 is 0. The molecule has 0 bridgehead atoms. The molecule has 8 rings (SSSR count). The van der Waals surface area contributed by atoms with Crippen LogP contribution in [0.15, 0.2) is 97.1 Å². The van der Waals surface area contributed by atoms with E-state index in [0.717, 1.165) is 69.5 Å². The third kappa shape index (κ3) is 14.1. The van der Waals surface area contributed by atoms with Crippen molar-refractivity contribution in [3.8, 4) is 0 Å². The van der Waals surface area contributed by atoms with Crippen molar-refractivity contribution in [2.24, 2.45) is 0 Å². The summed E-state index contributed by atoms with van der Waals surface area (Å²) in [6.45, 7) is 10.4. The molecular weight excluding hydrogens is 955 g/mol. The molecule has 70 heavy (non-hydrogen) atoms. The van der Waals surface area contributed by atoms with Crippen LogP contribution in [0.4, 0.5) is 11.4 Å². The van der Waals surface area contributed by atoms with Gasteiger partial charge in [-0.25, -0.2) is 4.79 Å². The fourth-order valence-corrected chi connectivity index (χ4v) is 9.52. The van der Waals surface area contributed by atoms with Crippen molar-refractivity contribution in [1.82, 2.24) is 29.8 Å². The predicted octanol–water partition coefficient (Wildman–Crippen LogP) is 6.33. The van der Waals surface area contributed by atoms with E-state index >= 15 is 0 Å². The monoisotopic (exact) mass is 1020 g/mol. The van der Waals surface area contributed by atoms with Crippen molar-refractivity contribution in [2.75, 3.05) is 91.2 Å². The van der Waals surface area contributed by atoms with Gasteiger partial charge in [0, 0.05) is 90.9 Å². The number of piperidine rings is 2. The lowest BCUT2D eigenvalue weighted by molar-refractivity contribution is -0.157. The molecule has 3 amide bonds. The second-order valence-electron chi connectivity index (χ2n) is 19.1. The lowest BCUT2D eigenvalue weighted by atomic mass is 9.92. The third-order valence-electron chi connectivity index (χ3n) is 13.4. The van der Waals surface area contributed by atoms with E-state index in [-0.39, 0.29) is 30.1 Å². The smallest absolute Gasteiger partial charge is 0.340 e. The minimum Gasteiger partial charge on any atom is -0.479 e. The summed E-state index contributed by atoms with van der Waals surface area (Å²) in [6, 6.07) is 30.5. The molecule has 6 N–H and O–H groups in total. The lowest BCUT2D eigenvalue weighted by Crippen LogP contribution is -2.61. The zero-order valence-electron chi connectivity index (χ0n) is 40.9. The molecule has 0 saturated carbocycles. The Morgan fingerprint density at radius 2 is 1.00 bits per heavy atom. The zero-order chi connectivity index (χ0) is 50.0. The number of amides is 3. The van der Waals surface area contributed by atoms with Crippen molar-refractivity contribution < 1.29 is 34.5 Å². The summed E-state index contributed by atoms with van der Waals surface area (Å²) in [7, 11) is 6.88. The van der Waals surface area contributed by atoms with Crippen LogP contribution in [0.5, 0.6) is 0 Å². The number of hydrogen-bond acceptors (Lipinski definition) is 11. The number of carboxylic acid groups (broad SMARTS) is 1. The van der Waals surface area contributed by atoms with Crippen LogP contribution in [0, 0.1) is 0 Å². The van der Waals surface area contributed by atoms with Gasteiger partial charge in [0.1, 0.15) is 0 Å². The highest BCUT2D eigenvalue weighted by Crippen LogP contribution is 2.30. The number of halogens is 3. The van der Waals surface area contributed by atoms with Crippen LogP contribution in [0.1, 0.15) is 71.4 Å². The predicted molar refractivity (Wildman–Crippen MR) is 279 cm³/mol. The molecule has 4 aromatic carbocycles. The van der Waals surface area contributed by atoms with E-state index in [9.17, 15) is 29.4 Å². The van der Waals surface area contributed by atoms with Gasteiger partial charge >= 0.3 is 5.97 Å². The van der Waals surface area contributed by atoms with Gasteiger partial charge < -0.3 is 46.0 Å². The lowest BCUT2D eigenvalue weighted by Gasteiger charge is -2.48. The highest BCUT2D eigenvalue weighted by atomic mass is 35.5. The van der Waals surface area contributed by atoms with Crippen LogP contribution in [0.3, 0.4) is 0 Å². The van der Waals surface area contributed by atoms with Crippen molar-refractivity contribution in [2.45, 2.75) is 74.9 Å². The van der Waals surface area contributed by atoms with Gasteiger partial charge in [0.15, 0.2) is 11.2 Å². The Balaban J connectivity index is 0.000000218. The second kappa shape index (κ2) is 24.9. The summed E-state index contributed by atoms with van der Waals surface area (Å²) in [5.74, 6) is -1.65. The molecule has 2 atom stereocenters. The molecule has 0 radical (unpaired) electrons. The van der Waals surface area contributed by atoms with Crippen molar-refractivity contribution in [1.29, 1.82) is 0 Å². The number of nitrogens with zero attached hydrogens (tertiary/aromatic N) is 5. The van der Waals surface area contributed by atoms with Crippen LogP contribution >= 0.6 is 35.6 Å². The number of aliphatic hydroxyl groups is 2. The Morgan fingerprint density at radius 1 is 0.614 bits per heavy atom. The summed E-state index contributed by atoms with van der Waals surface area (Å²) in [6.07, 6.45) is 4.30. The number of benzene rings is 4. The maximum atomic E-state index is 13.0. The van der Waals surface area contributed by atoms with Gasteiger partial charge in [0.25, 0.3) is 17.7 Å². The molecule has 15 nitrogen and oxygen atoms in total. The van der Waals surface area contributed by atoms with E-state index < -0.39 is 17.2 Å². The molecule has 4 aliphatic heterocycles. The van der Waals surface area contributed by atoms with Gasteiger partial charge in [-0.15, -0.1) is 12.4 Å². The number of anilines is 2. The van der Waals surface area contributed by atoms with E-state index in [4.69, 9.17) is 28.3 Å². The van der Waals surface area contributed by atoms with Crippen LogP contribution in [-0.4, -0.2) is 168 Å². The maximum Gasteiger partial charge on any atom is 0.340 e. The summed E-state index contributed by atoms with van der Waals surface area (Å²) in [5, 5.41) is 40.4. The summed E-state index contributed by atoms with van der Waals surface area (Å²) >= 11 is 12.6. The van der Waals surface area contributed by atoms with Crippen molar-refractivity contribution in [3.63, 3.8) is 0 Å². The molecule has 4 saturated heterocycles. The van der Waals surface area contributed by atoms with Gasteiger partial charge in [-0.2, -0.15) is 0 Å². The molecule has 4 aliphatic rings. The Bertz CT molecular complexity index is 2370. The number of carbonyl (C=O) groups excluding carboxylic acids is 3. The highest BCUT2D eigenvalue weighted by molar-refractivity contribution is 6.34. The SMILES string of the molecule is CC(O)(C(=O)O)c1ccccc1.CN(C)C(=O)c1ccc(NC2CN(C3CCN(C(=O)C(C)(O)c4ccccc4)CC3)C2)cc1Cl.CN(C)C(=O)c1ccc(NC2CN(C3CCNCC3)C2)cc1Cl.Cl. The van der Waals surface area contributed by atoms with Gasteiger partial charge in [-0.3, -0.25) is 24.2 Å². The topological polar surface area (TPSA) is 181 Å². The fraction of sp³-hybridized carbons (Fsp3) is 0.462. The number of rotatable bonds is 12. The molecule has 0 aliphatic carbocycles. The first-order valence-corrected chi connectivity index (χ1v) is 24.3. The molecule has 0 aromatic heterocycles. The van der Waals surface area contributed by atoms with Gasteiger partial charge in [0.05, 0.1) is 33.3 Å². The molecule has 4 fully saturated rings. The Kier molecular flexibility index (Phi) is 19.9. The molecule has 4 heterocycles. The van der Waals surface area contributed by atoms with E-state index in [1.165, 1.54) is 29.6 Å². The minimum atomic E-state index is -1.79. The summed E-state index contributed by atoms with van der Waals surface area (Å²) in [5.41, 5.74) is 0.659. The Morgan fingerprint density at radius 3 is 1.37 bits per heavy atom. The maximum absolute atomic E-state index is 13.0. The van der Waals surface area contributed by atoms with Crippen molar-refractivity contribution >= 4 is 70.7 Å².